The second-order valence-corrected chi connectivity index (χ2v) is 5.42. The Morgan fingerprint density at radius 3 is 2.43 bits per heavy atom. The van der Waals surface area contributed by atoms with Gasteiger partial charge in [-0.1, -0.05) is 12.1 Å². The first-order chi connectivity index (χ1) is 11.3. The number of nitrogens with zero attached hydrogens (tertiary/aromatic N) is 3. The van der Waals surface area contributed by atoms with Crippen molar-refractivity contribution in [3.8, 4) is 0 Å². The van der Waals surface area contributed by atoms with Crippen LogP contribution in [0.2, 0.25) is 0 Å². The first-order valence-electron chi connectivity index (χ1n) is 8.09. The largest absolute Gasteiger partial charge is 0.380 e. The Kier molecular flexibility index (Phi) is 4.71. The maximum atomic E-state index is 4.60. The SMILES string of the molecule is CCN(CC)c1nccc2c(NCc3ccncc3)cccc12. The van der Waals surface area contributed by atoms with E-state index >= 15 is 0 Å². The Morgan fingerprint density at radius 1 is 0.913 bits per heavy atom. The molecule has 3 rings (SSSR count). The molecule has 0 bridgehead atoms. The number of aromatic nitrogens is 2. The summed E-state index contributed by atoms with van der Waals surface area (Å²) in [7, 11) is 0. The Morgan fingerprint density at radius 2 is 1.70 bits per heavy atom. The van der Waals surface area contributed by atoms with Gasteiger partial charge in [0.05, 0.1) is 0 Å². The first kappa shape index (κ1) is 15.3. The summed E-state index contributed by atoms with van der Waals surface area (Å²) in [4.78, 5) is 10.9. The van der Waals surface area contributed by atoms with Crippen LogP contribution in [0.15, 0.2) is 55.0 Å². The van der Waals surface area contributed by atoms with E-state index in [9.17, 15) is 0 Å². The summed E-state index contributed by atoms with van der Waals surface area (Å²) in [5, 5.41) is 5.93. The van der Waals surface area contributed by atoms with Gasteiger partial charge in [-0.05, 0) is 43.7 Å². The monoisotopic (exact) mass is 306 g/mol. The maximum absolute atomic E-state index is 4.60. The molecule has 0 atom stereocenters. The van der Waals surface area contributed by atoms with Crippen molar-refractivity contribution in [2.45, 2.75) is 20.4 Å². The van der Waals surface area contributed by atoms with Gasteiger partial charge in [-0.25, -0.2) is 4.98 Å². The Hall–Kier alpha value is -2.62. The van der Waals surface area contributed by atoms with Crippen LogP contribution < -0.4 is 10.2 Å². The number of hydrogen-bond donors (Lipinski definition) is 1. The topological polar surface area (TPSA) is 41.1 Å². The van der Waals surface area contributed by atoms with Crippen LogP contribution in [0.1, 0.15) is 19.4 Å². The summed E-state index contributed by atoms with van der Waals surface area (Å²) in [5.41, 5.74) is 2.35. The van der Waals surface area contributed by atoms with Gasteiger partial charge in [0.25, 0.3) is 0 Å². The van der Waals surface area contributed by atoms with Gasteiger partial charge in [0.1, 0.15) is 5.82 Å². The number of hydrogen-bond acceptors (Lipinski definition) is 4. The molecule has 0 unspecified atom stereocenters. The van der Waals surface area contributed by atoms with Gasteiger partial charge in [0, 0.05) is 54.7 Å². The van der Waals surface area contributed by atoms with Crippen LogP contribution in [0.3, 0.4) is 0 Å². The molecule has 23 heavy (non-hydrogen) atoms. The molecule has 0 aliphatic carbocycles. The zero-order chi connectivity index (χ0) is 16.1. The van der Waals surface area contributed by atoms with Crippen molar-refractivity contribution in [1.82, 2.24) is 9.97 Å². The van der Waals surface area contributed by atoms with Crippen LogP contribution in [0.25, 0.3) is 10.8 Å². The van der Waals surface area contributed by atoms with Gasteiger partial charge in [-0.2, -0.15) is 0 Å². The molecule has 1 aromatic carbocycles. The van der Waals surface area contributed by atoms with Crippen molar-refractivity contribution in [2.75, 3.05) is 23.3 Å². The third-order valence-corrected chi connectivity index (χ3v) is 4.08. The highest BCUT2D eigenvalue weighted by Crippen LogP contribution is 2.29. The van der Waals surface area contributed by atoms with Gasteiger partial charge in [-0.15, -0.1) is 0 Å². The van der Waals surface area contributed by atoms with E-state index < -0.39 is 0 Å². The number of anilines is 2. The molecular weight excluding hydrogens is 284 g/mol. The van der Waals surface area contributed by atoms with E-state index in [4.69, 9.17) is 0 Å². The molecule has 0 fully saturated rings. The second-order valence-electron chi connectivity index (χ2n) is 5.42. The molecule has 4 heteroatoms. The molecule has 1 N–H and O–H groups in total. The Bertz CT molecular complexity index is 767. The number of fused-ring (bicyclic) bond motifs is 1. The molecule has 0 spiro atoms. The van der Waals surface area contributed by atoms with E-state index in [0.29, 0.717) is 0 Å². The molecule has 0 amide bonds. The quantitative estimate of drug-likeness (QED) is 0.745. The van der Waals surface area contributed by atoms with Crippen LogP contribution in [0.4, 0.5) is 11.5 Å². The summed E-state index contributed by atoms with van der Waals surface area (Å²) >= 11 is 0. The van der Waals surface area contributed by atoms with E-state index in [1.54, 1.807) is 0 Å². The molecule has 0 radical (unpaired) electrons. The normalized spacial score (nSPS) is 10.7. The second kappa shape index (κ2) is 7.09. The van der Waals surface area contributed by atoms with Crippen LogP contribution in [-0.4, -0.2) is 23.1 Å². The van der Waals surface area contributed by atoms with Crippen LogP contribution in [0.5, 0.6) is 0 Å². The standard InChI is InChI=1S/C19H22N4/c1-3-23(4-2)19-17-6-5-7-18(16(17)10-13-21-19)22-14-15-8-11-20-12-9-15/h5-13,22H,3-4,14H2,1-2H3. The molecule has 2 aromatic heterocycles. The average molecular weight is 306 g/mol. The van der Waals surface area contributed by atoms with Crippen molar-refractivity contribution in [3.63, 3.8) is 0 Å². The lowest BCUT2D eigenvalue weighted by molar-refractivity contribution is 0.852. The zero-order valence-corrected chi connectivity index (χ0v) is 13.7. The zero-order valence-electron chi connectivity index (χ0n) is 13.7. The van der Waals surface area contributed by atoms with Crippen molar-refractivity contribution in [2.24, 2.45) is 0 Å². The number of benzene rings is 1. The lowest BCUT2D eigenvalue weighted by Gasteiger charge is -2.22. The lowest BCUT2D eigenvalue weighted by atomic mass is 10.1. The van der Waals surface area contributed by atoms with Gasteiger partial charge in [0.15, 0.2) is 0 Å². The fourth-order valence-electron chi connectivity index (χ4n) is 2.82. The lowest BCUT2D eigenvalue weighted by Crippen LogP contribution is -2.23. The predicted molar refractivity (Wildman–Crippen MR) is 96.9 cm³/mol. The third-order valence-electron chi connectivity index (χ3n) is 4.08. The van der Waals surface area contributed by atoms with Gasteiger partial charge in [0.2, 0.25) is 0 Å². The van der Waals surface area contributed by atoms with E-state index in [-0.39, 0.29) is 0 Å². The highest BCUT2D eigenvalue weighted by Gasteiger charge is 2.10. The summed E-state index contributed by atoms with van der Waals surface area (Å²) in [6.45, 7) is 7.02. The molecule has 3 aromatic rings. The van der Waals surface area contributed by atoms with E-state index in [1.807, 2.05) is 30.7 Å². The number of pyridine rings is 2. The summed E-state index contributed by atoms with van der Waals surface area (Å²) < 4.78 is 0. The maximum Gasteiger partial charge on any atom is 0.136 e. The number of rotatable bonds is 6. The van der Waals surface area contributed by atoms with E-state index in [0.717, 1.165) is 31.1 Å². The van der Waals surface area contributed by atoms with Crippen molar-refractivity contribution in [3.05, 3.63) is 60.6 Å². The predicted octanol–water partition coefficient (Wildman–Crippen LogP) is 4.09. The highest BCUT2D eigenvalue weighted by atomic mass is 15.2. The first-order valence-corrected chi connectivity index (χ1v) is 8.09. The van der Waals surface area contributed by atoms with Crippen molar-refractivity contribution >= 4 is 22.3 Å². The molecule has 118 valence electrons. The Labute approximate surface area is 137 Å². The minimum atomic E-state index is 0.782. The molecular formula is C19H22N4. The highest BCUT2D eigenvalue weighted by molar-refractivity contribution is 6.00. The summed E-state index contributed by atoms with van der Waals surface area (Å²) in [6.07, 6.45) is 5.54. The van der Waals surface area contributed by atoms with Crippen LogP contribution in [0, 0.1) is 0 Å². The van der Waals surface area contributed by atoms with Gasteiger partial charge >= 0.3 is 0 Å². The van der Waals surface area contributed by atoms with E-state index in [2.05, 4.69) is 58.3 Å². The third kappa shape index (κ3) is 3.26. The average Bonchev–Trinajstić information content (AvgIpc) is 2.62. The van der Waals surface area contributed by atoms with Crippen LogP contribution >= 0.6 is 0 Å². The van der Waals surface area contributed by atoms with Crippen LogP contribution in [-0.2, 0) is 6.54 Å². The minimum absolute atomic E-state index is 0.782. The molecule has 0 aliphatic heterocycles. The number of nitrogens with one attached hydrogen (secondary N) is 1. The Balaban J connectivity index is 1.94. The van der Waals surface area contributed by atoms with Gasteiger partial charge < -0.3 is 10.2 Å². The fraction of sp³-hybridized carbons (Fsp3) is 0.263. The fourth-order valence-corrected chi connectivity index (χ4v) is 2.82. The molecule has 0 saturated heterocycles. The minimum Gasteiger partial charge on any atom is -0.380 e. The molecule has 4 nitrogen and oxygen atoms in total. The molecule has 2 heterocycles. The van der Waals surface area contributed by atoms with E-state index in [1.165, 1.54) is 16.3 Å². The molecule has 0 aliphatic rings. The summed E-state index contributed by atoms with van der Waals surface area (Å²) in [6, 6.07) is 12.5. The van der Waals surface area contributed by atoms with Crippen molar-refractivity contribution in [1.29, 1.82) is 0 Å². The smallest absolute Gasteiger partial charge is 0.136 e. The van der Waals surface area contributed by atoms with Crippen molar-refractivity contribution < 1.29 is 0 Å². The molecule has 0 saturated carbocycles. The van der Waals surface area contributed by atoms with Gasteiger partial charge in [-0.3, -0.25) is 4.98 Å². The summed E-state index contributed by atoms with van der Waals surface area (Å²) in [5.74, 6) is 1.06.